The Morgan fingerprint density at radius 1 is 1.05 bits per heavy atom. The predicted octanol–water partition coefficient (Wildman–Crippen LogP) is 5.07. The zero-order valence-electron chi connectivity index (χ0n) is 20.6. The first-order valence-electron chi connectivity index (χ1n) is 12.1. The molecule has 1 aliphatic rings. The highest BCUT2D eigenvalue weighted by Crippen LogP contribution is 2.43. The van der Waals surface area contributed by atoms with E-state index in [9.17, 15) is 14.7 Å². The number of methoxy groups -OCH3 is 1. The summed E-state index contributed by atoms with van der Waals surface area (Å²) < 4.78 is 11.2. The third-order valence-electron chi connectivity index (χ3n) is 6.40. The lowest BCUT2D eigenvalue weighted by molar-refractivity contribution is -0.118. The summed E-state index contributed by atoms with van der Waals surface area (Å²) in [5.74, 6) is -0.343. The highest BCUT2D eigenvalue weighted by Gasteiger charge is 2.45. The SMILES string of the molecule is CCOc1cc(C2C(C(=O)CCc3ccccc3)=C(O)C(=O)N2c2nc3ccccc3[nH]2)ccc1OC. The number of aromatic amines is 1. The zero-order chi connectivity index (χ0) is 25.9. The first-order valence-corrected chi connectivity index (χ1v) is 12.1. The minimum absolute atomic E-state index is 0.0361. The van der Waals surface area contributed by atoms with Crippen LogP contribution in [0.25, 0.3) is 11.0 Å². The Morgan fingerprint density at radius 2 is 1.81 bits per heavy atom. The van der Waals surface area contributed by atoms with Gasteiger partial charge in [-0.1, -0.05) is 48.5 Å². The molecule has 1 aliphatic heterocycles. The summed E-state index contributed by atoms with van der Waals surface area (Å²) in [6, 6.07) is 21.3. The van der Waals surface area contributed by atoms with Crippen molar-refractivity contribution in [3.05, 3.63) is 95.3 Å². The Hall–Kier alpha value is -4.59. The molecule has 1 amide bonds. The van der Waals surface area contributed by atoms with Crippen LogP contribution in [0.2, 0.25) is 0 Å². The fourth-order valence-electron chi connectivity index (χ4n) is 4.65. The van der Waals surface area contributed by atoms with Crippen molar-refractivity contribution in [2.45, 2.75) is 25.8 Å². The number of carbonyl (C=O) groups excluding carboxylic acids is 2. The highest BCUT2D eigenvalue weighted by molar-refractivity contribution is 6.16. The van der Waals surface area contributed by atoms with Gasteiger partial charge in [0.1, 0.15) is 0 Å². The third-order valence-corrected chi connectivity index (χ3v) is 6.40. The maximum absolute atomic E-state index is 13.6. The molecular formula is C29H27N3O5. The van der Waals surface area contributed by atoms with Crippen LogP contribution in [0.5, 0.6) is 11.5 Å². The molecule has 188 valence electrons. The van der Waals surface area contributed by atoms with Crippen molar-refractivity contribution in [2.24, 2.45) is 0 Å². The Balaban J connectivity index is 1.59. The van der Waals surface area contributed by atoms with Crippen LogP contribution >= 0.6 is 0 Å². The second-order valence-corrected chi connectivity index (χ2v) is 8.67. The average Bonchev–Trinajstić information content (AvgIpc) is 3.46. The Bertz CT molecular complexity index is 1460. The van der Waals surface area contributed by atoms with Gasteiger partial charge in [0.15, 0.2) is 23.0 Å². The molecule has 1 aromatic heterocycles. The zero-order valence-corrected chi connectivity index (χ0v) is 20.6. The molecule has 5 rings (SSSR count). The van der Waals surface area contributed by atoms with Gasteiger partial charge in [-0.15, -0.1) is 0 Å². The van der Waals surface area contributed by atoms with Crippen LogP contribution in [0, 0.1) is 0 Å². The molecule has 1 unspecified atom stereocenters. The molecule has 8 nitrogen and oxygen atoms in total. The summed E-state index contributed by atoms with van der Waals surface area (Å²) in [6.45, 7) is 2.26. The van der Waals surface area contributed by atoms with Gasteiger partial charge in [0, 0.05) is 6.42 Å². The number of aliphatic hydroxyl groups is 1. The van der Waals surface area contributed by atoms with E-state index in [2.05, 4.69) is 9.97 Å². The molecule has 0 saturated carbocycles. The number of Topliss-reactive ketones (excluding diaryl/α,β-unsaturated/α-hetero) is 1. The number of aromatic nitrogens is 2. The number of ether oxygens (including phenoxy) is 2. The second kappa shape index (κ2) is 10.2. The molecule has 8 heteroatoms. The number of imidazole rings is 1. The van der Waals surface area contributed by atoms with Crippen LogP contribution in [-0.2, 0) is 16.0 Å². The highest BCUT2D eigenvalue weighted by atomic mass is 16.5. The number of amides is 1. The largest absolute Gasteiger partial charge is 0.503 e. The minimum atomic E-state index is -0.901. The second-order valence-electron chi connectivity index (χ2n) is 8.67. The molecule has 0 saturated heterocycles. The molecule has 4 aromatic rings. The van der Waals surface area contributed by atoms with Gasteiger partial charge < -0.3 is 19.6 Å². The number of carbonyl (C=O) groups is 2. The topological polar surface area (TPSA) is 105 Å². The van der Waals surface area contributed by atoms with Crippen LogP contribution in [0.3, 0.4) is 0 Å². The van der Waals surface area contributed by atoms with Gasteiger partial charge >= 0.3 is 0 Å². The van der Waals surface area contributed by atoms with Gasteiger partial charge in [-0.25, -0.2) is 4.98 Å². The smallest absolute Gasteiger partial charge is 0.296 e. The molecule has 0 fully saturated rings. The van der Waals surface area contributed by atoms with Gasteiger partial charge in [-0.3, -0.25) is 14.5 Å². The maximum atomic E-state index is 13.6. The number of hydrogen-bond donors (Lipinski definition) is 2. The Kier molecular flexibility index (Phi) is 6.64. The van der Waals surface area contributed by atoms with Gasteiger partial charge in [-0.05, 0) is 48.7 Å². The number of hydrogen-bond acceptors (Lipinski definition) is 6. The summed E-state index contributed by atoms with van der Waals surface area (Å²) >= 11 is 0. The van der Waals surface area contributed by atoms with E-state index < -0.39 is 17.7 Å². The number of H-pyrrole nitrogens is 1. The van der Waals surface area contributed by atoms with Crippen molar-refractivity contribution in [2.75, 3.05) is 18.6 Å². The number of rotatable bonds is 9. The van der Waals surface area contributed by atoms with Crippen molar-refractivity contribution in [3.63, 3.8) is 0 Å². The number of benzene rings is 3. The number of para-hydroxylation sites is 2. The fourth-order valence-corrected chi connectivity index (χ4v) is 4.65. The van der Waals surface area contributed by atoms with Gasteiger partial charge in [0.25, 0.3) is 5.91 Å². The van der Waals surface area contributed by atoms with Gasteiger partial charge in [-0.2, -0.15) is 0 Å². The monoisotopic (exact) mass is 497 g/mol. The lowest BCUT2D eigenvalue weighted by atomic mass is 9.93. The number of nitrogens with zero attached hydrogens (tertiary/aromatic N) is 2. The maximum Gasteiger partial charge on any atom is 0.296 e. The summed E-state index contributed by atoms with van der Waals surface area (Å²) in [6.07, 6.45) is 0.616. The van der Waals surface area contributed by atoms with Crippen molar-refractivity contribution < 1.29 is 24.2 Å². The molecule has 0 radical (unpaired) electrons. The molecule has 0 spiro atoms. The van der Waals surface area contributed by atoms with E-state index in [1.54, 1.807) is 25.3 Å². The Labute approximate surface area is 214 Å². The summed E-state index contributed by atoms with van der Waals surface area (Å²) in [5, 5.41) is 11.0. The van der Waals surface area contributed by atoms with Crippen LogP contribution < -0.4 is 14.4 Å². The van der Waals surface area contributed by atoms with Crippen LogP contribution in [0.1, 0.15) is 30.5 Å². The van der Waals surface area contributed by atoms with Crippen LogP contribution in [0.15, 0.2) is 84.1 Å². The van der Waals surface area contributed by atoms with E-state index in [4.69, 9.17) is 9.47 Å². The molecular weight excluding hydrogens is 470 g/mol. The first kappa shape index (κ1) is 24.1. The van der Waals surface area contributed by atoms with Crippen molar-refractivity contribution in [1.29, 1.82) is 0 Å². The van der Waals surface area contributed by atoms with Crippen LogP contribution in [-0.4, -0.2) is 40.5 Å². The standard InChI is InChI=1S/C29H27N3O5/c1-3-37-24-17-19(14-16-23(24)36-2)26-25(22(33)15-13-18-9-5-4-6-10-18)27(34)28(35)32(26)29-30-20-11-7-8-12-21(20)31-29/h4-12,14,16-17,26,34H,3,13,15H2,1-2H3,(H,30,31). The fraction of sp³-hybridized carbons (Fsp3) is 0.207. The summed E-state index contributed by atoms with van der Waals surface area (Å²) in [5.41, 5.74) is 3.02. The molecule has 3 aromatic carbocycles. The third kappa shape index (κ3) is 4.53. The van der Waals surface area contributed by atoms with Crippen molar-refractivity contribution in [1.82, 2.24) is 9.97 Å². The van der Waals surface area contributed by atoms with E-state index in [1.165, 1.54) is 4.90 Å². The molecule has 37 heavy (non-hydrogen) atoms. The number of nitrogens with one attached hydrogen (secondary N) is 1. The lowest BCUT2D eigenvalue weighted by Crippen LogP contribution is -2.32. The van der Waals surface area contributed by atoms with E-state index in [0.717, 1.165) is 11.1 Å². The van der Waals surface area contributed by atoms with E-state index >= 15 is 0 Å². The first-order chi connectivity index (χ1) is 18.0. The van der Waals surface area contributed by atoms with Crippen molar-refractivity contribution in [3.8, 4) is 11.5 Å². The molecule has 0 bridgehead atoms. The molecule has 2 N–H and O–H groups in total. The average molecular weight is 498 g/mol. The molecule has 0 aliphatic carbocycles. The molecule has 2 heterocycles. The number of fused-ring (bicyclic) bond motifs is 1. The van der Waals surface area contributed by atoms with E-state index in [-0.39, 0.29) is 23.7 Å². The predicted molar refractivity (Wildman–Crippen MR) is 140 cm³/mol. The van der Waals surface area contributed by atoms with Crippen LogP contribution in [0.4, 0.5) is 5.95 Å². The lowest BCUT2D eigenvalue weighted by Gasteiger charge is -2.25. The van der Waals surface area contributed by atoms with Crippen molar-refractivity contribution >= 4 is 28.7 Å². The molecule has 1 atom stereocenters. The summed E-state index contributed by atoms with van der Waals surface area (Å²) in [7, 11) is 1.54. The van der Waals surface area contributed by atoms with Gasteiger partial charge in [0.2, 0.25) is 5.95 Å². The Morgan fingerprint density at radius 3 is 2.54 bits per heavy atom. The quantitative estimate of drug-likeness (QED) is 0.334. The number of anilines is 1. The summed E-state index contributed by atoms with van der Waals surface area (Å²) in [4.78, 5) is 36.1. The van der Waals surface area contributed by atoms with E-state index in [0.29, 0.717) is 35.6 Å². The number of aliphatic hydroxyl groups excluding tert-OH is 1. The van der Waals surface area contributed by atoms with E-state index in [1.807, 2.05) is 61.5 Å². The normalized spacial score (nSPS) is 15.5. The minimum Gasteiger partial charge on any atom is -0.503 e. The number of ketones is 1. The van der Waals surface area contributed by atoms with Gasteiger partial charge in [0.05, 0.1) is 36.4 Å². The number of aryl methyl sites for hydroxylation is 1.